The highest BCUT2D eigenvalue weighted by atomic mass is 31.2. The van der Waals surface area contributed by atoms with Crippen molar-refractivity contribution in [3.05, 3.63) is 0 Å². The molecule has 0 saturated carbocycles. The molecule has 0 aliphatic carbocycles. The van der Waals surface area contributed by atoms with Gasteiger partial charge in [-0.25, -0.2) is 0 Å². The highest BCUT2D eigenvalue weighted by Crippen LogP contribution is 2.73. The predicted molar refractivity (Wildman–Crippen MR) is 162 cm³/mol. The van der Waals surface area contributed by atoms with Gasteiger partial charge in [0.25, 0.3) is 5.08 Å². The molecule has 0 spiro atoms. The van der Waals surface area contributed by atoms with Gasteiger partial charge in [-0.1, -0.05) is 27.7 Å². The quantitative estimate of drug-likeness (QED) is 0.0417. The molecule has 4 atom stereocenters. The van der Waals surface area contributed by atoms with Crippen LogP contribution in [-0.2, 0) is 56.3 Å². The Morgan fingerprint density at radius 2 is 1.02 bits per heavy atom. The summed E-state index contributed by atoms with van der Waals surface area (Å²) in [7, 11) is -11.2. The molecule has 0 fully saturated rings. The van der Waals surface area contributed by atoms with Crippen LogP contribution < -0.4 is 17.2 Å². The number of aliphatic hydroxyl groups is 1. The lowest BCUT2D eigenvalue weighted by atomic mass is 9.95. The average molecular weight is 708 g/mol. The molecule has 18 nitrogen and oxygen atoms in total. The summed E-state index contributed by atoms with van der Waals surface area (Å²) in [6.45, 7) is 8.44. The summed E-state index contributed by atoms with van der Waals surface area (Å²) in [5.74, 6) is -4.11. The highest BCUT2D eigenvalue weighted by molar-refractivity contribution is 7.72. The third-order valence-electron chi connectivity index (χ3n) is 6.69. The molecule has 0 bridgehead atoms. The first-order valence-corrected chi connectivity index (χ1v) is 17.5. The van der Waals surface area contributed by atoms with Crippen LogP contribution in [0.1, 0.15) is 68.2 Å². The van der Waals surface area contributed by atoms with E-state index in [1.54, 1.807) is 27.7 Å². The average Bonchev–Trinajstić information content (AvgIpc) is 2.95. The van der Waals surface area contributed by atoms with Crippen LogP contribution in [0, 0.1) is 22.7 Å². The molecule has 0 rings (SSSR count). The zero-order valence-electron chi connectivity index (χ0n) is 27.6. The Labute approximate surface area is 269 Å². The lowest BCUT2D eigenvalue weighted by molar-refractivity contribution is -0.169. The Kier molecular flexibility index (Phi) is 17.2. The molecule has 270 valence electrons. The van der Waals surface area contributed by atoms with E-state index in [1.807, 2.05) is 0 Å². The van der Waals surface area contributed by atoms with Gasteiger partial charge >= 0.3 is 39.1 Å². The van der Waals surface area contributed by atoms with Gasteiger partial charge in [0.15, 0.2) is 0 Å². The van der Waals surface area contributed by atoms with E-state index in [4.69, 9.17) is 36.1 Å². The van der Waals surface area contributed by atoms with E-state index in [2.05, 4.69) is 9.05 Å². The van der Waals surface area contributed by atoms with Crippen molar-refractivity contribution in [3.8, 4) is 0 Å². The summed E-state index contributed by atoms with van der Waals surface area (Å²) in [5.41, 5.74) is 13.9. The van der Waals surface area contributed by atoms with Crippen molar-refractivity contribution in [1.82, 2.24) is 0 Å². The number of carbonyl (C=O) groups is 4. The lowest BCUT2D eigenvalue weighted by Gasteiger charge is -2.34. The second kappa shape index (κ2) is 18.0. The number of rotatable bonds is 21. The molecule has 0 aliphatic heterocycles. The van der Waals surface area contributed by atoms with E-state index in [-0.39, 0.29) is 24.8 Å². The molecule has 0 saturated heterocycles. The van der Waals surface area contributed by atoms with Crippen molar-refractivity contribution < 1.29 is 71.2 Å². The standard InChI is InChI=1S/C26H51N3O15P2/c1-16(2)18(28)20(30)39-12-24(5,6)22(32)41-14-43-45(35,36)26(34,10-9-11-27)46(37,38)44-15-42-23(33)25(7,8)13-40-21(31)19(29)17(3)4/h16-19,34H,9-15,27-29H2,1-8H3,(H,35,36)(H,37,38)/t18-,19-/m0/s1. The Hall–Kier alpha value is -1.98. The fourth-order valence-electron chi connectivity index (χ4n) is 3.04. The first-order valence-electron chi connectivity index (χ1n) is 14.4. The van der Waals surface area contributed by atoms with Gasteiger partial charge in [0.2, 0.25) is 13.6 Å². The zero-order chi connectivity index (χ0) is 36.3. The summed E-state index contributed by atoms with van der Waals surface area (Å²) >= 11 is 0. The molecule has 0 aliphatic rings. The molecular formula is C26H51N3O15P2. The summed E-state index contributed by atoms with van der Waals surface area (Å²) in [6.07, 6.45) is -1.17. The Bertz CT molecular complexity index is 1070. The van der Waals surface area contributed by atoms with Gasteiger partial charge in [-0.15, -0.1) is 0 Å². The van der Waals surface area contributed by atoms with Crippen LogP contribution in [0.3, 0.4) is 0 Å². The minimum absolute atomic E-state index is 0.201. The van der Waals surface area contributed by atoms with Gasteiger partial charge in [-0.3, -0.25) is 37.4 Å². The second-order valence-corrected chi connectivity index (χ2v) is 17.0. The summed E-state index contributed by atoms with van der Waals surface area (Å²) in [5, 5.41) is 7.48. The van der Waals surface area contributed by atoms with Crippen LogP contribution in [0.25, 0.3) is 0 Å². The molecule has 20 heteroatoms. The third-order valence-corrected chi connectivity index (χ3v) is 11.4. The molecule has 46 heavy (non-hydrogen) atoms. The van der Waals surface area contributed by atoms with Crippen molar-refractivity contribution in [2.45, 2.75) is 85.4 Å². The Morgan fingerprint density at radius 3 is 1.30 bits per heavy atom. The van der Waals surface area contributed by atoms with Gasteiger partial charge in [-0.2, -0.15) is 0 Å². The lowest BCUT2D eigenvalue weighted by Crippen LogP contribution is -2.40. The first-order chi connectivity index (χ1) is 20.8. The molecule has 0 heterocycles. The van der Waals surface area contributed by atoms with Gasteiger partial charge < -0.3 is 51.0 Å². The zero-order valence-corrected chi connectivity index (χ0v) is 29.4. The second-order valence-electron chi connectivity index (χ2n) is 12.6. The van der Waals surface area contributed by atoms with Crippen molar-refractivity contribution in [3.63, 3.8) is 0 Å². The number of nitrogens with two attached hydrogens (primary N) is 3. The van der Waals surface area contributed by atoms with Gasteiger partial charge in [0.05, 0.1) is 10.8 Å². The number of carbonyl (C=O) groups excluding carboxylic acids is 4. The fourth-order valence-corrected chi connectivity index (χ4v) is 6.35. The van der Waals surface area contributed by atoms with Crippen molar-refractivity contribution in [2.24, 2.45) is 39.9 Å². The number of hydrogen-bond acceptors (Lipinski definition) is 16. The smallest absolute Gasteiger partial charge is 0.374 e. The molecule has 0 aromatic rings. The topological polar surface area (TPSA) is 297 Å². The largest absolute Gasteiger partial charge is 0.463 e. The molecular weight excluding hydrogens is 656 g/mol. The van der Waals surface area contributed by atoms with Gasteiger partial charge in [0.1, 0.15) is 25.3 Å². The molecule has 0 aromatic heterocycles. The van der Waals surface area contributed by atoms with Crippen LogP contribution in [-0.4, -0.2) is 89.3 Å². The highest BCUT2D eigenvalue weighted by Gasteiger charge is 2.62. The SMILES string of the molecule is CC(C)[C@H](N)C(=O)OCC(C)(C)C(=O)OCOP(=O)(O)C(O)(CCCN)P(=O)(O)OCOC(=O)C(C)(C)COC(=O)[C@@H](N)C(C)C. The summed E-state index contributed by atoms with van der Waals surface area (Å²) in [4.78, 5) is 70.1. The van der Waals surface area contributed by atoms with E-state index in [0.29, 0.717) is 0 Å². The van der Waals surface area contributed by atoms with E-state index in [0.717, 1.165) is 0 Å². The van der Waals surface area contributed by atoms with Crippen molar-refractivity contribution in [2.75, 3.05) is 33.3 Å². The first kappa shape index (κ1) is 44.0. The third kappa shape index (κ3) is 12.6. The molecule has 0 amide bonds. The van der Waals surface area contributed by atoms with E-state index in [9.17, 15) is 43.2 Å². The Balaban J connectivity index is 5.44. The predicted octanol–water partition coefficient (Wildman–Crippen LogP) is 0.882. The summed E-state index contributed by atoms with van der Waals surface area (Å²) < 4.78 is 55.3. The summed E-state index contributed by atoms with van der Waals surface area (Å²) in [6, 6.07) is -1.88. The Morgan fingerprint density at radius 1 is 0.696 bits per heavy atom. The van der Waals surface area contributed by atoms with Crippen LogP contribution in [0.15, 0.2) is 0 Å². The minimum Gasteiger partial charge on any atom is -0.463 e. The maximum absolute atomic E-state index is 13.1. The molecule has 9 N–H and O–H groups in total. The monoisotopic (exact) mass is 707 g/mol. The molecule has 0 radical (unpaired) electrons. The maximum atomic E-state index is 13.1. The van der Waals surface area contributed by atoms with Crippen LogP contribution >= 0.6 is 15.2 Å². The molecule has 0 aromatic carbocycles. The number of esters is 4. The number of ether oxygens (including phenoxy) is 4. The van der Waals surface area contributed by atoms with Crippen LogP contribution in [0.4, 0.5) is 0 Å². The molecule has 2 unspecified atom stereocenters. The van der Waals surface area contributed by atoms with Gasteiger partial charge in [-0.05, 0) is 52.5 Å². The maximum Gasteiger partial charge on any atom is 0.374 e. The van der Waals surface area contributed by atoms with E-state index < -0.39 is 100 Å². The van der Waals surface area contributed by atoms with Crippen molar-refractivity contribution >= 4 is 39.1 Å². The minimum atomic E-state index is -5.59. The van der Waals surface area contributed by atoms with Crippen molar-refractivity contribution in [1.29, 1.82) is 0 Å². The van der Waals surface area contributed by atoms with Gasteiger partial charge in [0, 0.05) is 6.42 Å². The fraction of sp³-hybridized carbons (Fsp3) is 0.846. The normalized spacial score (nSPS) is 17.7. The van der Waals surface area contributed by atoms with Crippen LogP contribution in [0.2, 0.25) is 0 Å². The van der Waals surface area contributed by atoms with E-state index in [1.165, 1.54) is 27.7 Å². The van der Waals surface area contributed by atoms with E-state index >= 15 is 0 Å². The number of hydrogen-bond donors (Lipinski definition) is 6. The van der Waals surface area contributed by atoms with Crippen LogP contribution in [0.5, 0.6) is 0 Å².